The number of quaternary nitrogens is 2. The summed E-state index contributed by atoms with van der Waals surface area (Å²) in [5.74, 6) is 0. The van der Waals surface area contributed by atoms with Crippen molar-refractivity contribution >= 4 is 0 Å². The van der Waals surface area contributed by atoms with E-state index in [4.69, 9.17) is 0 Å². The fraction of sp³-hybridized carbons (Fsp3) is 1.00. The molecule has 0 aliphatic heterocycles. The quantitative estimate of drug-likeness (QED) is 0.0849. The van der Waals surface area contributed by atoms with Crippen LogP contribution in [0.1, 0.15) is 156 Å². The van der Waals surface area contributed by atoms with Crippen molar-refractivity contribution in [1.29, 1.82) is 0 Å². The predicted octanol–water partition coefficient (Wildman–Crippen LogP) is 9.76. The smallest absolute Gasteiger partial charge is 0.138 e. The molecule has 0 aliphatic carbocycles. The SMILES string of the molecule is CCCCCCCCCCCC[N+](C)(C)CC(CC)[N+](C)(C)CCCCCCCCCCCC. The zero-order valence-corrected chi connectivity index (χ0v) is 25.4. The summed E-state index contributed by atoms with van der Waals surface area (Å²) in [6.07, 6.45) is 30.1. The van der Waals surface area contributed by atoms with Crippen molar-refractivity contribution in [1.82, 2.24) is 0 Å². The van der Waals surface area contributed by atoms with Gasteiger partial charge in [-0.25, -0.2) is 0 Å². The predicted molar refractivity (Wildman–Crippen MR) is 157 cm³/mol. The summed E-state index contributed by atoms with van der Waals surface area (Å²) in [4.78, 5) is 0. The van der Waals surface area contributed by atoms with Crippen molar-refractivity contribution in [2.75, 3.05) is 47.8 Å². The summed E-state index contributed by atoms with van der Waals surface area (Å²) in [6, 6.07) is 0.789. The summed E-state index contributed by atoms with van der Waals surface area (Å²) in [6.45, 7) is 11.1. The Kier molecular flexibility index (Phi) is 22.1. The van der Waals surface area contributed by atoms with Crippen LogP contribution in [0.4, 0.5) is 0 Å². The van der Waals surface area contributed by atoms with E-state index in [1.54, 1.807) is 0 Å². The Morgan fingerprint density at radius 1 is 0.412 bits per heavy atom. The van der Waals surface area contributed by atoms with E-state index in [1.165, 1.54) is 163 Å². The van der Waals surface area contributed by atoms with Crippen LogP contribution in [0.2, 0.25) is 0 Å². The summed E-state index contributed by atoms with van der Waals surface area (Å²) >= 11 is 0. The van der Waals surface area contributed by atoms with Gasteiger partial charge in [-0.2, -0.15) is 0 Å². The van der Waals surface area contributed by atoms with Crippen molar-refractivity contribution in [3.05, 3.63) is 0 Å². The lowest BCUT2D eigenvalue weighted by Gasteiger charge is -2.42. The van der Waals surface area contributed by atoms with Gasteiger partial charge >= 0.3 is 0 Å². The highest BCUT2D eigenvalue weighted by atomic mass is 15.4. The molecular weight excluding hydrogens is 412 g/mol. The minimum absolute atomic E-state index is 0.789. The van der Waals surface area contributed by atoms with Crippen molar-refractivity contribution < 1.29 is 8.97 Å². The molecule has 0 radical (unpaired) electrons. The number of likely N-dealkylation sites (N-methyl/N-ethyl adjacent to an activating group) is 2. The van der Waals surface area contributed by atoms with Gasteiger partial charge in [-0.3, -0.25) is 0 Å². The standard InChI is InChI=1S/C32H70N2/c1-8-11-13-15-17-19-21-23-25-27-29-33(4,5)31-32(10-3)34(6,7)30-28-26-24-22-20-18-16-14-12-9-2/h32H,8-31H2,1-7H3/q+2. The number of nitrogens with zero attached hydrogens (tertiary/aromatic N) is 2. The number of unbranched alkanes of at least 4 members (excludes halogenated alkanes) is 18. The van der Waals surface area contributed by atoms with Crippen LogP contribution in [0.25, 0.3) is 0 Å². The summed E-state index contributed by atoms with van der Waals surface area (Å²) in [7, 11) is 9.97. The van der Waals surface area contributed by atoms with Gasteiger partial charge in [-0.1, -0.05) is 124 Å². The molecule has 1 unspecified atom stereocenters. The number of hydrogen-bond acceptors (Lipinski definition) is 0. The Bertz CT molecular complexity index is 415. The second-order valence-corrected chi connectivity index (χ2v) is 12.8. The maximum absolute atomic E-state index is 2.50. The average Bonchev–Trinajstić information content (AvgIpc) is 2.79. The molecule has 1 atom stereocenters. The van der Waals surface area contributed by atoms with Crippen LogP contribution in [0.5, 0.6) is 0 Å². The van der Waals surface area contributed by atoms with Gasteiger partial charge in [-0.15, -0.1) is 0 Å². The molecular formula is C32H70N2+2. The molecule has 0 rings (SSSR count). The third-order valence-corrected chi connectivity index (χ3v) is 8.37. The fourth-order valence-electron chi connectivity index (χ4n) is 5.72. The Morgan fingerprint density at radius 2 is 0.735 bits per heavy atom. The highest BCUT2D eigenvalue weighted by Gasteiger charge is 2.32. The molecule has 34 heavy (non-hydrogen) atoms. The molecule has 0 N–H and O–H groups in total. The topological polar surface area (TPSA) is 0 Å². The lowest BCUT2D eigenvalue weighted by Crippen LogP contribution is -2.58. The molecule has 0 saturated heterocycles. The Balaban J connectivity index is 3.96. The third kappa shape index (κ3) is 20.1. The normalized spacial score (nSPS) is 13.5. The minimum atomic E-state index is 0.789. The van der Waals surface area contributed by atoms with Crippen LogP contribution >= 0.6 is 0 Å². The maximum atomic E-state index is 2.50. The highest BCUT2D eigenvalue weighted by molar-refractivity contribution is 4.58. The minimum Gasteiger partial charge on any atom is -0.324 e. The second-order valence-electron chi connectivity index (χ2n) is 12.8. The third-order valence-electron chi connectivity index (χ3n) is 8.37. The van der Waals surface area contributed by atoms with Gasteiger partial charge < -0.3 is 8.97 Å². The maximum Gasteiger partial charge on any atom is 0.138 e. The van der Waals surface area contributed by atoms with Gasteiger partial charge in [-0.05, 0) is 25.7 Å². The molecule has 0 aliphatic rings. The lowest BCUT2D eigenvalue weighted by molar-refractivity contribution is -0.965. The van der Waals surface area contributed by atoms with Crippen LogP contribution in [0.15, 0.2) is 0 Å². The Hall–Kier alpha value is -0.0800. The van der Waals surface area contributed by atoms with E-state index < -0.39 is 0 Å². The summed E-state index contributed by atoms with van der Waals surface area (Å²) in [5, 5.41) is 0. The van der Waals surface area contributed by atoms with Gasteiger partial charge in [0.15, 0.2) is 0 Å². The highest BCUT2D eigenvalue weighted by Crippen LogP contribution is 2.19. The molecule has 0 amide bonds. The van der Waals surface area contributed by atoms with Crippen LogP contribution in [0, 0.1) is 0 Å². The van der Waals surface area contributed by atoms with Crippen LogP contribution in [-0.4, -0.2) is 62.8 Å². The fourth-order valence-corrected chi connectivity index (χ4v) is 5.72. The molecule has 0 aromatic rings. The lowest BCUT2D eigenvalue weighted by atomic mass is 10.0. The molecule has 0 bridgehead atoms. The van der Waals surface area contributed by atoms with Crippen molar-refractivity contribution in [3.63, 3.8) is 0 Å². The molecule has 0 spiro atoms. The van der Waals surface area contributed by atoms with E-state index in [-0.39, 0.29) is 0 Å². The van der Waals surface area contributed by atoms with E-state index in [0.717, 1.165) is 6.04 Å². The van der Waals surface area contributed by atoms with Crippen molar-refractivity contribution in [3.8, 4) is 0 Å². The molecule has 0 aromatic carbocycles. The Labute approximate surface area is 218 Å². The van der Waals surface area contributed by atoms with Crippen LogP contribution in [0.3, 0.4) is 0 Å². The van der Waals surface area contributed by atoms with E-state index in [0.29, 0.717) is 0 Å². The van der Waals surface area contributed by atoms with E-state index in [9.17, 15) is 0 Å². The van der Waals surface area contributed by atoms with E-state index in [2.05, 4.69) is 49.0 Å². The molecule has 2 heteroatoms. The first-order valence-electron chi connectivity index (χ1n) is 15.9. The molecule has 206 valence electrons. The summed E-state index contributed by atoms with van der Waals surface area (Å²) < 4.78 is 2.42. The Morgan fingerprint density at radius 3 is 1.09 bits per heavy atom. The van der Waals surface area contributed by atoms with Gasteiger partial charge in [0, 0.05) is 6.42 Å². The molecule has 0 aromatic heterocycles. The first-order valence-corrected chi connectivity index (χ1v) is 15.9. The zero-order chi connectivity index (χ0) is 25.5. The molecule has 0 fully saturated rings. The number of hydrogen-bond donors (Lipinski definition) is 0. The van der Waals surface area contributed by atoms with Gasteiger partial charge in [0.1, 0.15) is 12.6 Å². The van der Waals surface area contributed by atoms with Crippen molar-refractivity contribution in [2.45, 2.75) is 162 Å². The monoisotopic (exact) mass is 483 g/mol. The van der Waals surface area contributed by atoms with Gasteiger partial charge in [0.25, 0.3) is 0 Å². The first-order chi connectivity index (χ1) is 16.3. The van der Waals surface area contributed by atoms with Crippen molar-refractivity contribution in [2.24, 2.45) is 0 Å². The molecule has 0 heterocycles. The second kappa shape index (κ2) is 22.1. The number of rotatable bonds is 26. The van der Waals surface area contributed by atoms with Gasteiger partial charge in [0.05, 0.1) is 41.3 Å². The summed E-state index contributed by atoms with van der Waals surface area (Å²) in [5.41, 5.74) is 0. The molecule has 0 saturated carbocycles. The van der Waals surface area contributed by atoms with E-state index in [1.807, 2.05) is 0 Å². The average molecular weight is 483 g/mol. The van der Waals surface area contributed by atoms with E-state index >= 15 is 0 Å². The molecule has 2 nitrogen and oxygen atoms in total. The van der Waals surface area contributed by atoms with Crippen LogP contribution in [-0.2, 0) is 0 Å². The van der Waals surface area contributed by atoms with Gasteiger partial charge in [0.2, 0.25) is 0 Å². The first kappa shape index (κ1) is 33.9. The van der Waals surface area contributed by atoms with Crippen LogP contribution < -0.4 is 0 Å². The zero-order valence-electron chi connectivity index (χ0n) is 25.4. The largest absolute Gasteiger partial charge is 0.324 e.